The van der Waals surface area contributed by atoms with E-state index in [1.165, 1.54) is 0 Å². The molecule has 1 aromatic carbocycles. The standard InChI is InChI=1S/C13H19BrO2/c1-2-6-11-12(15)7-5-8-13(11)16-10-4-3-9-14/h5,7-8,15H,2-4,6,9-10H2,1H3. The summed E-state index contributed by atoms with van der Waals surface area (Å²) < 4.78 is 5.69. The third-order valence-electron chi connectivity index (χ3n) is 2.39. The Hall–Kier alpha value is -0.700. The maximum absolute atomic E-state index is 9.74. The molecule has 0 aliphatic carbocycles. The molecule has 0 amide bonds. The summed E-state index contributed by atoms with van der Waals surface area (Å²) in [4.78, 5) is 0. The smallest absolute Gasteiger partial charge is 0.126 e. The molecule has 0 heterocycles. The second-order valence-corrected chi connectivity index (χ2v) is 4.54. The number of phenolic OH excluding ortho intramolecular Hbond substituents is 1. The van der Waals surface area contributed by atoms with Crippen molar-refractivity contribution in [2.75, 3.05) is 11.9 Å². The Balaban J connectivity index is 2.59. The van der Waals surface area contributed by atoms with Crippen LogP contribution in [0.5, 0.6) is 11.5 Å². The number of unbranched alkanes of at least 4 members (excludes halogenated alkanes) is 1. The molecule has 1 rings (SSSR count). The lowest BCUT2D eigenvalue weighted by Gasteiger charge is -2.12. The number of hydrogen-bond acceptors (Lipinski definition) is 2. The van der Waals surface area contributed by atoms with Crippen molar-refractivity contribution < 1.29 is 9.84 Å². The first kappa shape index (κ1) is 13.4. The molecule has 0 spiro atoms. The molecule has 0 fully saturated rings. The number of rotatable bonds is 7. The van der Waals surface area contributed by atoms with Crippen LogP contribution in [0.1, 0.15) is 31.7 Å². The van der Waals surface area contributed by atoms with Crippen molar-refractivity contribution in [2.45, 2.75) is 32.6 Å². The molecule has 16 heavy (non-hydrogen) atoms. The summed E-state index contributed by atoms with van der Waals surface area (Å²) in [7, 11) is 0. The van der Waals surface area contributed by atoms with Gasteiger partial charge >= 0.3 is 0 Å². The molecule has 0 saturated heterocycles. The maximum Gasteiger partial charge on any atom is 0.126 e. The second-order valence-electron chi connectivity index (χ2n) is 3.75. The first-order valence-corrected chi connectivity index (χ1v) is 6.91. The Morgan fingerprint density at radius 1 is 1.31 bits per heavy atom. The summed E-state index contributed by atoms with van der Waals surface area (Å²) in [6.07, 6.45) is 4.02. The lowest BCUT2D eigenvalue weighted by molar-refractivity contribution is 0.304. The molecule has 90 valence electrons. The number of hydrogen-bond donors (Lipinski definition) is 1. The summed E-state index contributed by atoms with van der Waals surface area (Å²) in [5.74, 6) is 1.18. The molecular formula is C13H19BrO2. The lowest BCUT2D eigenvalue weighted by atomic mass is 10.1. The zero-order valence-corrected chi connectivity index (χ0v) is 11.3. The molecule has 0 saturated carbocycles. The van der Waals surface area contributed by atoms with E-state index >= 15 is 0 Å². The Morgan fingerprint density at radius 2 is 2.12 bits per heavy atom. The van der Waals surface area contributed by atoms with Gasteiger partial charge in [0.05, 0.1) is 6.61 Å². The molecule has 2 nitrogen and oxygen atoms in total. The summed E-state index contributed by atoms with van der Waals surface area (Å²) in [6, 6.07) is 5.48. The van der Waals surface area contributed by atoms with Crippen LogP contribution >= 0.6 is 15.9 Å². The quantitative estimate of drug-likeness (QED) is 0.609. The highest BCUT2D eigenvalue weighted by molar-refractivity contribution is 9.09. The topological polar surface area (TPSA) is 29.5 Å². The number of halogens is 1. The van der Waals surface area contributed by atoms with Crippen LogP contribution in [0.15, 0.2) is 18.2 Å². The van der Waals surface area contributed by atoms with Crippen LogP contribution in [0.4, 0.5) is 0 Å². The third kappa shape index (κ3) is 4.05. The summed E-state index contributed by atoms with van der Waals surface area (Å²) >= 11 is 3.39. The lowest BCUT2D eigenvalue weighted by Crippen LogP contribution is -2.00. The van der Waals surface area contributed by atoms with E-state index in [4.69, 9.17) is 4.74 Å². The molecule has 3 heteroatoms. The van der Waals surface area contributed by atoms with Gasteiger partial charge in [-0.1, -0.05) is 35.3 Å². The van der Waals surface area contributed by atoms with Crippen molar-refractivity contribution in [3.8, 4) is 11.5 Å². The van der Waals surface area contributed by atoms with Crippen LogP contribution in [-0.2, 0) is 6.42 Å². The summed E-state index contributed by atoms with van der Waals surface area (Å²) in [5.41, 5.74) is 0.934. The van der Waals surface area contributed by atoms with Crippen LogP contribution < -0.4 is 4.74 Å². The fourth-order valence-electron chi connectivity index (χ4n) is 1.57. The minimum atomic E-state index is 0.347. The van der Waals surface area contributed by atoms with Crippen LogP contribution in [-0.4, -0.2) is 17.0 Å². The Kier molecular flexibility index (Phi) is 6.31. The van der Waals surface area contributed by atoms with Crippen LogP contribution in [0.3, 0.4) is 0 Å². The molecule has 0 radical (unpaired) electrons. The van der Waals surface area contributed by atoms with Crippen molar-refractivity contribution in [2.24, 2.45) is 0 Å². The molecule has 1 N–H and O–H groups in total. The number of alkyl halides is 1. The van der Waals surface area contributed by atoms with Crippen molar-refractivity contribution >= 4 is 15.9 Å². The van der Waals surface area contributed by atoms with Gasteiger partial charge in [-0.05, 0) is 31.4 Å². The highest BCUT2D eigenvalue weighted by atomic mass is 79.9. The largest absolute Gasteiger partial charge is 0.508 e. The molecule has 0 atom stereocenters. The van der Waals surface area contributed by atoms with Crippen LogP contribution in [0, 0.1) is 0 Å². The van der Waals surface area contributed by atoms with Crippen molar-refractivity contribution in [3.63, 3.8) is 0 Å². The Morgan fingerprint density at radius 3 is 2.81 bits per heavy atom. The Labute approximate surface area is 106 Å². The number of aromatic hydroxyl groups is 1. The molecular weight excluding hydrogens is 268 g/mol. The molecule has 0 bridgehead atoms. The Bertz CT molecular complexity index is 313. The molecule has 0 aliphatic heterocycles. The van der Waals surface area contributed by atoms with Gasteiger partial charge in [0.2, 0.25) is 0 Å². The fourth-order valence-corrected chi connectivity index (χ4v) is 1.97. The highest BCUT2D eigenvalue weighted by Gasteiger charge is 2.07. The van der Waals surface area contributed by atoms with Crippen molar-refractivity contribution in [1.82, 2.24) is 0 Å². The molecule has 1 aromatic rings. The van der Waals surface area contributed by atoms with E-state index in [0.717, 1.165) is 42.3 Å². The van der Waals surface area contributed by atoms with E-state index in [0.29, 0.717) is 12.4 Å². The van der Waals surface area contributed by atoms with E-state index in [1.54, 1.807) is 6.07 Å². The zero-order valence-electron chi connectivity index (χ0n) is 9.71. The number of phenols is 1. The summed E-state index contributed by atoms with van der Waals surface area (Å²) in [5, 5.41) is 10.7. The normalized spacial score (nSPS) is 10.4. The maximum atomic E-state index is 9.74. The number of benzene rings is 1. The van der Waals surface area contributed by atoms with E-state index in [-0.39, 0.29) is 0 Å². The van der Waals surface area contributed by atoms with Gasteiger partial charge in [-0.25, -0.2) is 0 Å². The molecule has 0 unspecified atom stereocenters. The average Bonchev–Trinajstić information content (AvgIpc) is 2.29. The molecule has 0 aromatic heterocycles. The first-order chi connectivity index (χ1) is 7.79. The monoisotopic (exact) mass is 286 g/mol. The molecule has 0 aliphatic rings. The van der Waals surface area contributed by atoms with Gasteiger partial charge in [-0.15, -0.1) is 0 Å². The van der Waals surface area contributed by atoms with Gasteiger partial charge in [-0.3, -0.25) is 0 Å². The fraction of sp³-hybridized carbons (Fsp3) is 0.538. The number of ether oxygens (including phenoxy) is 1. The van der Waals surface area contributed by atoms with Gasteiger partial charge in [0.15, 0.2) is 0 Å². The minimum absolute atomic E-state index is 0.347. The van der Waals surface area contributed by atoms with E-state index in [9.17, 15) is 5.11 Å². The third-order valence-corrected chi connectivity index (χ3v) is 2.95. The average molecular weight is 287 g/mol. The van der Waals surface area contributed by atoms with Gasteiger partial charge in [0.1, 0.15) is 11.5 Å². The first-order valence-electron chi connectivity index (χ1n) is 5.79. The van der Waals surface area contributed by atoms with Crippen molar-refractivity contribution in [3.05, 3.63) is 23.8 Å². The van der Waals surface area contributed by atoms with Gasteiger partial charge < -0.3 is 9.84 Å². The van der Waals surface area contributed by atoms with Gasteiger partial charge in [0.25, 0.3) is 0 Å². The van der Waals surface area contributed by atoms with Crippen LogP contribution in [0.25, 0.3) is 0 Å². The van der Waals surface area contributed by atoms with E-state index in [1.807, 2.05) is 12.1 Å². The SMILES string of the molecule is CCCc1c(O)cccc1OCCCCBr. The van der Waals surface area contributed by atoms with E-state index in [2.05, 4.69) is 22.9 Å². The van der Waals surface area contributed by atoms with Crippen molar-refractivity contribution in [1.29, 1.82) is 0 Å². The van der Waals surface area contributed by atoms with Gasteiger partial charge in [-0.2, -0.15) is 0 Å². The predicted octanol–water partition coefficient (Wildman–Crippen LogP) is 3.90. The minimum Gasteiger partial charge on any atom is -0.508 e. The summed E-state index contributed by atoms with van der Waals surface area (Å²) in [6.45, 7) is 2.81. The zero-order chi connectivity index (χ0) is 11.8. The highest BCUT2D eigenvalue weighted by Crippen LogP contribution is 2.28. The predicted molar refractivity (Wildman–Crippen MR) is 70.6 cm³/mol. The second kappa shape index (κ2) is 7.55. The van der Waals surface area contributed by atoms with E-state index < -0.39 is 0 Å². The van der Waals surface area contributed by atoms with Crippen LogP contribution in [0.2, 0.25) is 0 Å². The van der Waals surface area contributed by atoms with Gasteiger partial charge in [0, 0.05) is 10.9 Å².